The zero-order valence-electron chi connectivity index (χ0n) is 19.0. The second-order valence-corrected chi connectivity index (χ2v) is 10.8. The van der Waals surface area contributed by atoms with Crippen molar-refractivity contribution in [2.45, 2.75) is 68.7 Å². The summed E-state index contributed by atoms with van der Waals surface area (Å²) >= 11 is 0. The van der Waals surface area contributed by atoms with Crippen LogP contribution in [0, 0.1) is 5.92 Å². The van der Waals surface area contributed by atoms with E-state index in [1.165, 1.54) is 19.3 Å². The highest BCUT2D eigenvalue weighted by molar-refractivity contribution is 7.87. The van der Waals surface area contributed by atoms with E-state index in [4.69, 9.17) is 4.18 Å². The Morgan fingerprint density at radius 3 is 2.38 bits per heavy atom. The highest BCUT2D eigenvalue weighted by Crippen LogP contribution is 2.28. The third kappa shape index (κ3) is 5.19. The number of nitrogens with zero attached hydrogens (tertiary/aromatic N) is 1. The van der Waals surface area contributed by atoms with Crippen molar-refractivity contribution in [1.29, 1.82) is 0 Å². The van der Waals surface area contributed by atoms with Gasteiger partial charge in [0.15, 0.2) is 0 Å². The van der Waals surface area contributed by atoms with Gasteiger partial charge in [0.25, 0.3) is 0 Å². The number of carbonyl (C=O) groups is 1. The molecule has 0 radical (unpaired) electrons. The van der Waals surface area contributed by atoms with Gasteiger partial charge in [0.05, 0.1) is 11.0 Å². The maximum Gasteiger partial charge on any atom is 0.339 e. The fraction of sp³-hybridized carbons (Fsp3) is 0.440. The van der Waals surface area contributed by atoms with Gasteiger partial charge in [-0.2, -0.15) is 8.42 Å². The molecule has 5 rings (SSSR count). The van der Waals surface area contributed by atoms with Crippen LogP contribution >= 0.6 is 0 Å². The molecule has 9 heteroatoms. The fourth-order valence-electron chi connectivity index (χ4n) is 4.88. The fourth-order valence-corrected chi connectivity index (χ4v) is 5.80. The molecule has 2 aromatic carbocycles. The molecular weight excluding hydrogens is 452 g/mol. The maximum absolute atomic E-state index is 12.8. The number of hydrogen-bond acceptors (Lipinski definition) is 6. The number of H-pyrrole nitrogens is 1. The lowest BCUT2D eigenvalue weighted by molar-refractivity contribution is -0.120. The van der Waals surface area contributed by atoms with Crippen molar-refractivity contribution >= 4 is 38.7 Å². The Kier molecular flexibility index (Phi) is 6.45. The van der Waals surface area contributed by atoms with E-state index >= 15 is 0 Å². The van der Waals surface area contributed by atoms with Crippen LogP contribution in [0.2, 0.25) is 0 Å². The highest BCUT2D eigenvalue weighted by atomic mass is 32.2. The van der Waals surface area contributed by atoms with Crippen LogP contribution in [0.1, 0.15) is 57.8 Å². The smallest absolute Gasteiger partial charge is 0.339 e. The monoisotopic (exact) mass is 482 g/mol. The molecule has 3 N–H and O–H groups in total. The summed E-state index contributed by atoms with van der Waals surface area (Å²) in [6.45, 7) is 0. The second-order valence-electron chi connectivity index (χ2n) is 9.28. The van der Waals surface area contributed by atoms with Crippen LogP contribution in [0.4, 0.5) is 11.6 Å². The quantitative estimate of drug-likeness (QED) is 0.399. The van der Waals surface area contributed by atoms with Crippen LogP contribution in [0.25, 0.3) is 11.0 Å². The van der Waals surface area contributed by atoms with E-state index in [2.05, 4.69) is 20.6 Å². The summed E-state index contributed by atoms with van der Waals surface area (Å²) in [5, 5.41) is 6.30. The van der Waals surface area contributed by atoms with E-state index in [1.807, 2.05) is 0 Å². The molecule has 1 amide bonds. The largest absolute Gasteiger partial charge is 0.382 e. The van der Waals surface area contributed by atoms with E-state index in [-0.39, 0.29) is 22.5 Å². The molecule has 2 saturated carbocycles. The lowest BCUT2D eigenvalue weighted by Gasteiger charge is -2.19. The minimum atomic E-state index is -3.99. The summed E-state index contributed by atoms with van der Waals surface area (Å²) in [4.78, 5) is 20.1. The number of benzene rings is 2. The molecule has 0 atom stereocenters. The number of imidazole rings is 1. The minimum Gasteiger partial charge on any atom is -0.382 e. The first kappa shape index (κ1) is 22.7. The Hall–Kier alpha value is -3.07. The van der Waals surface area contributed by atoms with Crippen LogP contribution in [-0.2, 0) is 14.9 Å². The number of hydrogen-bond donors (Lipinski definition) is 3. The van der Waals surface area contributed by atoms with Crippen LogP contribution in [0.15, 0.2) is 47.4 Å². The van der Waals surface area contributed by atoms with Gasteiger partial charge in [-0.15, -0.1) is 0 Å². The van der Waals surface area contributed by atoms with Crippen molar-refractivity contribution in [3.05, 3.63) is 42.5 Å². The van der Waals surface area contributed by atoms with Crippen LogP contribution in [0.3, 0.4) is 0 Å². The van der Waals surface area contributed by atoms with Crippen molar-refractivity contribution < 1.29 is 17.4 Å². The molecule has 0 unspecified atom stereocenters. The van der Waals surface area contributed by atoms with Gasteiger partial charge >= 0.3 is 10.1 Å². The highest BCUT2D eigenvalue weighted by Gasteiger charge is 2.22. The first-order valence-corrected chi connectivity index (χ1v) is 13.5. The van der Waals surface area contributed by atoms with Crippen molar-refractivity contribution in [3.63, 3.8) is 0 Å². The normalized spacial score (nSPS) is 17.6. The molecule has 34 heavy (non-hydrogen) atoms. The number of aromatic amines is 1. The first-order chi connectivity index (χ1) is 16.5. The van der Waals surface area contributed by atoms with Crippen LogP contribution in [0.5, 0.6) is 5.75 Å². The topological polar surface area (TPSA) is 113 Å². The third-order valence-corrected chi connectivity index (χ3v) is 8.01. The molecular formula is C25H30N4O4S. The Labute approximate surface area is 199 Å². The molecule has 0 aliphatic heterocycles. The molecule has 0 spiro atoms. The third-order valence-electron chi connectivity index (χ3n) is 6.75. The zero-order valence-corrected chi connectivity index (χ0v) is 19.9. The van der Waals surface area contributed by atoms with E-state index in [1.54, 1.807) is 42.5 Å². The SMILES string of the molecule is O=C(Nc1nc2cc(OS(=O)(=O)c3ccc(NC4CCCC4)cc3)ccc2[nH]1)C1CCCCC1. The molecule has 2 aliphatic rings. The molecule has 180 valence electrons. The number of nitrogens with one attached hydrogen (secondary N) is 3. The molecule has 2 fully saturated rings. The van der Waals surface area contributed by atoms with Gasteiger partial charge in [0.1, 0.15) is 10.6 Å². The minimum absolute atomic E-state index is 0.0192. The van der Waals surface area contributed by atoms with Gasteiger partial charge < -0.3 is 14.5 Å². The standard InChI is InChI=1S/C25H30N4O4S/c30-24(17-6-2-1-3-7-17)29-25-27-22-15-12-20(16-23(22)28-25)33-34(31,32)21-13-10-19(11-14-21)26-18-8-4-5-9-18/h10-18,26H,1-9H2,(H2,27,28,29,30). The lowest BCUT2D eigenvalue weighted by Crippen LogP contribution is -2.25. The molecule has 3 aromatic rings. The molecule has 1 aromatic heterocycles. The van der Waals surface area contributed by atoms with Gasteiger partial charge in [-0.1, -0.05) is 32.1 Å². The summed E-state index contributed by atoms with van der Waals surface area (Å²) in [5.74, 6) is 0.516. The Bertz CT molecular complexity index is 1260. The molecule has 8 nitrogen and oxygen atoms in total. The lowest BCUT2D eigenvalue weighted by atomic mass is 9.89. The van der Waals surface area contributed by atoms with Gasteiger partial charge in [-0.3, -0.25) is 10.1 Å². The Balaban J connectivity index is 1.25. The van der Waals surface area contributed by atoms with Crippen molar-refractivity contribution in [2.24, 2.45) is 5.92 Å². The summed E-state index contributed by atoms with van der Waals surface area (Å²) in [7, 11) is -3.99. The van der Waals surface area contributed by atoms with E-state index < -0.39 is 10.1 Å². The first-order valence-electron chi connectivity index (χ1n) is 12.1. The average molecular weight is 483 g/mol. The number of aromatic nitrogens is 2. The van der Waals surface area contributed by atoms with Gasteiger partial charge in [0, 0.05) is 23.7 Å². The Morgan fingerprint density at radius 1 is 0.941 bits per heavy atom. The summed E-state index contributed by atoms with van der Waals surface area (Å²) in [5.41, 5.74) is 2.11. The average Bonchev–Trinajstić information content (AvgIpc) is 3.49. The molecule has 2 aliphatic carbocycles. The predicted molar refractivity (Wildman–Crippen MR) is 131 cm³/mol. The van der Waals surface area contributed by atoms with Gasteiger partial charge in [0.2, 0.25) is 11.9 Å². The predicted octanol–water partition coefficient (Wildman–Crippen LogP) is 5.20. The maximum atomic E-state index is 12.8. The molecule has 1 heterocycles. The molecule has 0 bridgehead atoms. The summed E-state index contributed by atoms with van der Waals surface area (Å²) in [6.07, 6.45) is 9.88. The number of fused-ring (bicyclic) bond motifs is 1. The van der Waals surface area contributed by atoms with E-state index in [0.29, 0.717) is 23.0 Å². The van der Waals surface area contributed by atoms with Crippen molar-refractivity contribution in [2.75, 3.05) is 10.6 Å². The number of rotatable bonds is 7. The van der Waals surface area contributed by atoms with Gasteiger partial charge in [-0.25, -0.2) is 4.98 Å². The van der Waals surface area contributed by atoms with Crippen molar-refractivity contribution in [1.82, 2.24) is 9.97 Å². The Morgan fingerprint density at radius 2 is 1.65 bits per heavy atom. The zero-order chi connectivity index (χ0) is 23.5. The van der Waals surface area contributed by atoms with E-state index in [0.717, 1.165) is 44.2 Å². The van der Waals surface area contributed by atoms with E-state index in [9.17, 15) is 13.2 Å². The summed E-state index contributed by atoms with van der Waals surface area (Å²) < 4.78 is 30.9. The number of amides is 1. The number of carbonyl (C=O) groups excluding carboxylic acids is 1. The van der Waals surface area contributed by atoms with Gasteiger partial charge in [-0.05, 0) is 62.1 Å². The molecule has 0 saturated heterocycles. The summed E-state index contributed by atoms with van der Waals surface area (Å²) in [6, 6.07) is 11.9. The number of anilines is 2. The van der Waals surface area contributed by atoms with Crippen LogP contribution < -0.4 is 14.8 Å². The second kappa shape index (κ2) is 9.66. The van der Waals surface area contributed by atoms with Crippen molar-refractivity contribution in [3.8, 4) is 5.75 Å². The van der Waals surface area contributed by atoms with Crippen LogP contribution in [-0.4, -0.2) is 30.3 Å².